The van der Waals surface area contributed by atoms with Crippen LogP contribution in [0.25, 0.3) is 0 Å². The fourth-order valence-corrected chi connectivity index (χ4v) is 2.47. The lowest BCUT2D eigenvalue weighted by atomic mass is 10.2. The van der Waals surface area contributed by atoms with Gasteiger partial charge >= 0.3 is 0 Å². The van der Waals surface area contributed by atoms with Crippen molar-refractivity contribution in [3.63, 3.8) is 0 Å². The van der Waals surface area contributed by atoms with E-state index in [0.717, 1.165) is 6.42 Å². The minimum absolute atomic E-state index is 0.0936. The topological polar surface area (TPSA) is 85.8 Å². The molecule has 18 heavy (non-hydrogen) atoms. The maximum Gasteiger partial charge on any atom is 0.242 e. The summed E-state index contributed by atoms with van der Waals surface area (Å²) in [5.74, 6) is 0.0818. The lowest BCUT2D eigenvalue weighted by Gasteiger charge is -2.12. The summed E-state index contributed by atoms with van der Waals surface area (Å²) < 4.78 is 1.42. The Balaban J connectivity index is 1.80. The van der Waals surface area contributed by atoms with Crippen LogP contribution in [-0.4, -0.2) is 26.7 Å². The van der Waals surface area contributed by atoms with Gasteiger partial charge in [-0.15, -0.1) is 16.4 Å². The van der Waals surface area contributed by atoms with Gasteiger partial charge in [-0.2, -0.15) is 0 Å². The quantitative estimate of drug-likeness (QED) is 0.832. The summed E-state index contributed by atoms with van der Waals surface area (Å²) in [6, 6.07) is 4.16. The molecule has 0 aliphatic heterocycles. The Labute approximate surface area is 109 Å². The van der Waals surface area contributed by atoms with Gasteiger partial charge in [0.15, 0.2) is 0 Å². The second-order valence-electron chi connectivity index (χ2n) is 4.05. The number of thiophene rings is 1. The molecular formula is C11H15N5OS. The number of carbonyl (C=O) groups is 1. The Hall–Kier alpha value is -1.89. The Kier molecular flexibility index (Phi) is 3.93. The van der Waals surface area contributed by atoms with Gasteiger partial charge in [0, 0.05) is 17.3 Å². The van der Waals surface area contributed by atoms with Crippen molar-refractivity contribution in [3.8, 4) is 0 Å². The van der Waals surface area contributed by atoms with Crippen molar-refractivity contribution >= 4 is 23.2 Å². The van der Waals surface area contributed by atoms with Crippen molar-refractivity contribution in [2.75, 3.05) is 5.73 Å². The Morgan fingerprint density at radius 1 is 1.67 bits per heavy atom. The van der Waals surface area contributed by atoms with Gasteiger partial charge in [0.2, 0.25) is 11.9 Å². The van der Waals surface area contributed by atoms with Crippen LogP contribution < -0.4 is 11.1 Å². The highest BCUT2D eigenvalue weighted by molar-refractivity contribution is 7.09. The normalized spacial score (nSPS) is 12.3. The van der Waals surface area contributed by atoms with Gasteiger partial charge in [-0.3, -0.25) is 4.79 Å². The summed E-state index contributed by atoms with van der Waals surface area (Å²) in [5, 5.41) is 8.80. The number of hydrogen-bond acceptors (Lipinski definition) is 5. The van der Waals surface area contributed by atoms with Crippen molar-refractivity contribution in [1.29, 1.82) is 0 Å². The molecule has 6 nitrogen and oxygen atoms in total. The number of nitrogens with zero attached hydrogens (tertiary/aromatic N) is 3. The van der Waals surface area contributed by atoms with Crippen molar-refractivity contribution in [1.82, 2.24) is 20.1 Å². The Morgan fingerprint density at radius 3 is 3.11 bits per heavy atom. The predicted octanol–water partition coefficient (Wildman–Crippen LogP) is 0.669. The van der Waals surface area contributed by atoms with Crippen molar-refractivity contribution in [2.24, 2.45) is 0 Å². The summed E-state index contributed by atoms with van der Waals surface area (Å²) in [6.07, 6.45) is 2.28. The molecule has 0 aliphatic rings. The molecule has 0 spiro atoms. The van der Waals surface area contributed by atoms with E-state index in [1.807, 2.05) is 18.4 Å². The fourth-order valence-electron chi connectivity index (χ4n) is 1.63. The van der Waals surface area contributed by atoms with Gasteiger partial charge in [-0.1, -0.05) is 6.07 Å². The number of amides is 1. The van der Waals surface area contributed by atoms with E-state index in [-0.39, 0.29) is 24.4 Å². The van der Waals surface area contributed by atoms with Crippen LogP contribution in [0.4, 0.5) is 5.95 Å². The highest BCUT2D eigenvalue weighted by Gasteiger charge is 2.10. The number of aromatic nitrogens is 3. The molecule has 2 heterocycles. The van der Waals surface area contributed by atoms with Crippen molar-refractivity contribution in [3.05, 3.63) is 28.7 Å². The van der Waals surface area contributed by atoms with Crippen LogP contribution in [-0.2, 0) is 17.8 Å². The summed E-state index contributed by atoms with van der Waals surface area (Å²) in [4.78, 5) is 16.7. The molecule has 0 fully saturated rings. The molecule has 1 atom stereocenters. The van der Waals surface area contributed by atoms with E-state index in [1.165, 1.54) is 15.9 Å². The van der Waals surface area contributed by atoms with E-state index < -0.39 is 0 Å². The van der Waals surface area contributed by atoms with Crippen molar-refractivity contribution in [2.45, 2.75) is 25.9 Å². The standard InChI is InChI=1S/C11H15N5OS/c1-8(5-9-3-2-4-18-9)14-10(17)6-16-7-13-11(12)15-16/h2-4,7-8H,5-6H2,1H3,(H2,12,15)(H,14,17). The Bertz CT molecular complexity index is 507. The van der Waals surface area contributed by atoms with Gasteiger partial charge in [0.1, 0.15) is 12.9 Å². The highest BCUT2D eigenvalue weighted by atomic mass is 32.1. The third kappa shape index (κ3) is 3.56. The third-order valence-electron chi connectivity index (χ3n) is 2.35. The molecule has 0 aromatic carbocycles. The van der Waals surface area contributed by atoms with Gasteiger partial charge in [0.05, 0.1) is 0 Å². The number of nitrogens with two attached hydrogens (primary N) is 1. The van der Waals surface area contributed by atoms with Gasteiger partial charge in [-0.25, -0.2) is 9.67 Å². The molecule has 1 amide bonds. The summed E-state index contributed by atoms with van der Waals surface area (Å²) in [7, 11) is 0. The lowest BCUT2D eigenvalue weighted by Crippen LogP contribution is -2.36. The SMILES string of the molecule is CC(Cc1cccs1)NC(=O)Cn1cnc(N)n1. The molecular weight excluding hydrogens is 250 g/mol. The molecule has 0 saturated heterocycles. The van der Waals surface area contributed by atoms with Crippen LogP contribution in [0.15, 0.2) is 23.8 Å². The number of carbonyl (C=O) groups excluding carboxylic acids is 1. The van der Waals surface area contributed by atoms with Crippen LogP contribution in [0.3, 0.4) is 0 Å². The molecule has 96 valence electrons. The zero-order chi connectivity index (χ0) is 13.0. The smallest absolute Gasteiger partial charge is 0.242 e. The van der Waals surface area contributed by atoms with Crippen LogP contribution in [0, 0.1) is 0 Å². The molecule has 2 rings (SSSR count). The van der Waals surface area contributed by atoms with Gasteiger partial charge in [0.25, 0.3) is 0 Å². The first-order chi connectivity index (χ1) is 8.63. The molecule has 0 radical (unpaired) electrons. The second-order valence-corrected chi connectivity index (χ2v) is 5.08. The zero-order valence-electron chi connectivity index (χ0n) is 10.0. The zero-order valence-corrected chi connectivity index (χ0v) is 10.9. The van der Waals surface area contributed by atoms with Crippen LogP contribution in [0.5, 0.6) is 0 Å². The van der Waals surface area contributed by atoms with E-state index in [2.05, 4.69) is 21.5 Å². The number of hydrogen-bond donors (Lipinski definition) is 2. The monoisotopic (exact) mass is 265 g/mol. The molecule has 1 unspecified atom stereocenters. The first kappa shape index (κ1) is 12.6. The number of nitrogen functional groups attached to an aromatic ring is 1. The summed E-state index contributed by atoms with van der Waals surface area (Å²) in [6.45, 7) is 2.12. The maximum atomic E-state index is 11.7. The first-order valence-corrected chi connectivity index (χ1v) is 6.48. The van der Waals surface area contributed by atoms with E-state index in [4.69, 9.17) is 5.73 Å². The first-order valence-electron chi connectivity index (χ1n) is 5.60. The third-order valence-corrected chi connectivity index (χ3v) is 3.25. The lowest BCUT2D eigenvalue weighted by molar-refractivity contribution is -0.122. The van der Waals surface area contributed by atoms with Crippen LogP contribution >= 0.6 is 11.3 Å². The molecule has 7 heteroatoms. The van der Waals surface area contributed by atoms with Gasteiger partial charge in [-0.05, 0) is 18.4 Å². The minimum atomic E-state index is -0.0936. The average Bonchev–Trinajstić information content (AvgIpc) is 2.90. The maximum absolute atomic E-state index is 11.7. The Morgan fingerprint density at radius 2 is 2.50 bits per heavy atom. The largest absolute Gasteiger partial charge is 0.367 e. The summed E-state index contributed by atoms with van der Waals surface area (Å²) in [5.41, 5.74) is 5.37. The molecule has 0 saturated carbocycles. The molecule has 2 aromatic heterocycles. The molecule has 0 bridgehead atoms. The molecule has 2 aromatic rings. The highest BCUT2D eigenvalue weighted by Crippen LogP contribution is 2.10. The van der Waals surface area contributed by atoms with Crippen molar-refractivity contribution < 1.29 is 4.79 Å². The van der Waals surface area contributed by atoms with Gasteiger partial charge < -0.3 is 11.1 Å². The molecule has 0 aliphatic carbocycles. The van der Waals surface area contributed by atoms with E-state index in [9.17, 15) is 4.79 Å². The van der Waals surface area contributed by atoms with E-state index in [1.54, 1.807) is 11.3 Å². The average molecular weight is 265 g/mol. The van der Waals surface area contributed by atoms with Crippen LogP contribution in [0.1, 0.15) is 11.8 Å². The number of anilines is 1. The predicted molar refractivity (Wildman–Crippen MR) is 70.1 cm³/mol. The van der Waals surface area contributed by atoms with E-state index >= 15 is 0 Å². The second kappa shape index (κ2) is 5.63. The summed E-state index contributed by atoms with van der Waals surface area (Å²) >= 11 is 1.69. The van der Waals surface area contributed by atoms with E-state index in [0.29, 0.717) is 0 Å². The fraction of sp³-hybridized carbons (Fsp3) is 0.364. The van der Waals surface area contributed by atoms with Crippen LogP contribution in [0.2, 0.25) is 0 Å². The minimum Gasteiger partial charge on any atom is -0.367 e. The molecule has 3 N–H and O–H groups in total. The number of rotatable bonds is 5. The number of nitrogens with one attached hydrogen (secondary N) is 1.